The molecule has 12 rings (SSSR count). The second-order valence-corrected chi connectivity index (χ2v) is 17.4. The van der Waals surface area contributed by atoms with E-state index in [1.165, 1.54) is 49.7 Å². The van der Waals surface area contributed by atoms with Gasteiger partial charge in [-0.2, -0.15) is 0 Å². The van der Waals surface area contributed by atoms with Gasteiger partial charge in [-0.1, -0.05) is 183 Å². The molecule has 0 radical (unpaired) electrons. The lowest BCUT2D eigenvalue weighted by atomic mass is 9.85. The monoisotopic (exact) mass is 831 g/mol. The minimum Gasteiger partial charge on any atom is -0.456 e. The molecule has 1 heterocycles. The van der Waals surface area contributed by atoms with Crippen molar-refractivity contribution < 1.29 is 4.42 Å². The number of hydrogen-bond donors (Lipinski definition) is 0. The average molecular weight is 832 g/mol. The summed E-state index contributed by atoms with van der Waals surface area (Å²) in [6, 6.07) is 81.8. The fourth-order valence-electron chi connectivity index (χ4n) is 9.87. The van der Waals surface area contributed by atoms with Gasteiger partial charge in [0.25, 0.3) is 0 Å². The molecule has 0 unspecified atom stereocenters. The van der Waals surface area contributed by atoms with Crippen LogP contribution in [0.3, 0.4) is 0 Å². The standard InChI is InChI=1S/C63H45NO/c1-42-24-25-46-16-11-22-56(59(46)36-42)53-19-9-17-48(38-53)44-28-32-54(33-29-44)64(55-20-10-18-49(39-55)51-31-35-63-60(40-51)58-21-7-8-23-62(58)65-63)61-41-52(30-34-57(61)45-13-3-2-4-14-45)50-27-26-43-12-5-6-15-47(43)37-50/h2-35,37-42H,36H2,1H3/t42-/m0/s1. The number of nitrogens with zero attached hydrogens (tertiary/aromatic N) is 1. The van der Waals surface area contributed by atoms with Crippen molar-refractivity contribution in [3.63, 3.8) is 0 Å². The van der Waals surface area contributed by atoms with Crippen LogP contribution in [0.4, 0.5) is 17.1 Å². The Morgan fingerprint density at radius 2 is 1.05 bits per heavy atom. The number of fused-ring (bicyclic) bond motifs is 5. The Labute approximate surface area is 380 Å². The van der Waals surface area contributed by atoms with Crippen molar-refractivity contribution in [1.29, 1.82) is 0 Å². The van der Waals surface area contributed by atoms with Gasteiger partial charge >= 0.3 is 0 Å². The van der Waals surface area contributed by atoms with E-state index in [1.54, 1.807) is 0 Å². The molecule has 0 fully saturated rings. The second-order valence-electron chi connectivity index (χ2n) is 17.4. The van der Waals surface area contributed by atoms with Crippen molar-refractivity contribution in [3.05, 3.63) is 242 Å². The molecule has 0 amide bonds. The van der Waals surface area contributed by atoms with Crippen LogP contribution in [0.5, 0.6) is 0 Å². The zero-order valence-electron chi connectivity index (χ0n) is 36.2. The summed E-state index contributed by atoms with van der Waals surface area (Å²) in [5.41, 5.74) is 19.7. The van der Waals surface area contributed by atoms with Gasteiger partial charge < -0.3 is 9.32 Å². The number of anilines is 3. The molecule has 1 atom stereocenters. The Bertz CT molecular complexity index is 3590. The highest BCUT2D eigenvalue weighted by Gasteiger charge is 2.21. The maximum atomic E-state index is 6.23. The van der Waals surface area contributed by atoms with Gasteiger partial charge in [-0.15, -0.1) is 0 Å². The van der Waals surface area contributed by atoms with Crippen LogP contribution >= 0.6 is 0 Å². The molecule has 2 heteroatoms. The van der Waals surface area contributed by atoms with Gasteiger partial charge in [-0.25, -0.2) is 0 Å². The third-order valence-corrected chi connectivity index (χ3v) is 13.2. The lowest BCUT2D eigenvalue weighted by Gasteiger charge is -2.29. The Balaban J connectivity index is 1.01. The molecule has 1 aromatic heterocycles. The van der Waals surface area contributed by atoms with Gasteiger partial charge in [-0.05, 0) is 145 Å². The van der Waals surface area contributed by atoms with Crippen molar-refractivity contribution in [2.24, 2.45) is 5.92 Å². The third kappa shape index (κ3) is 7.20. The first-order valence-electron chi connectivity index (χ1n) is 22.6. The summed E-state index contributed by atoms with van der Waals surface area (Å²) in [4.78, 5) is 2.44. The van der Waals surface area contributed by atoms with Crippen LogP contribution in [0.1, 0.15) is 18.1 Å². The summed E-state index contributed by atoms with van der Waals surface area (Å²) in [6.07, 6.45) is 5.67. The van der Waals surface area contributed by atoms with Gasteiger partial charge in [0, 0.05) is 27.7 Å². The van der Waals surface area contributed by atoms with Crippen LogP contribution in [0.15, 0.2) is 235 Å². The molecule has 2 nitrogen and oxygen atoms in total. The molecule has 11 aromatic rings. The fourth-order valence-corrected chi connectivity index (χ4v) is 9.87. The highest BCUT2D eigenvalue weighted by atomic mass is 16.3. The SMILES string of the molecule is C[C@H]1C=Cc2cccc(-c3cccc(-c4ccc(N(c5cccc(-c6ccc7oc8ccccc8c7c6)c5)c5cc(-c6ccc7ccccc7c6)ccc5-c5ccccc5)cc4)c3)c2C1. The molecule has 0 saturated carbocycles. The Morgan fingerprint density at radius 1 is 0.400 bits per heavy atom. The molecule has 0 saturated heterocycles. The van der Waals surface area contributed by atoms with E-state index in [-0.39, 0.29) is 0 Å². The largest absolute Gasteiger partial charge is 0.456 e. The first-order chi connectivity index (χ1) is 32.1. The van der Waals surface area contributed by atoms with Crippen LogP contribution in [-0.2, 0) is 6.42 Å². The summed E-state index contributed by atoms with van der Waals surface area (Å²) in [6.45, 7) is 2.30. The number of allylic oxidation sites excluding steroid dienone is 1. The predicted octanol–water partition coefficient (Wildman–Crippen LogP) is 17.7. The highest BCUT2D eigenvalue weighted by Crippen LogP contribution is 2.45. The smallest absolute Gasteiger partial charge is 0.135 e. The van der Waals surface area contributed by atoms with E-state index in [0.29, 0.717) is 5.92 Å². The maximum absolute atomic E-state index is 6.23. The minimum atomic E-state index is 0.527. The molecule has 0 N–H and O–H groups in total. The molecular formula is C63H45NO. The Morgan fingerprint density at radius 3 is 1.94 bits per heavy atom. The van der Waals surface area contributed by atoms with E-state index >= 15 is 0 Å². The third-order valence-electron chi connectivity index (χ3n) is 13.2. The topological polar surface area (TPSA) is 16.4 Å². The average Bonchev–Trinajstić information content (AvgIpc) is 3.75. The van der Waals surface area contributed by atoms with Crippen LogP contribution in [0.2, 0.25) is 0 Å². The van der Waals surface area contributed by atoms with Gasteiger partial charge in [0.05, 0.1) is 5.69 Å². The molecule has 1 aliphatic rings. The normalized spacial score (nSPS) is 13.3. The predicted molar refractivity (Wildman–Crippen MR) is 275 cm³/mol. The number of benzene rings is 10. The van der Waals surface area contributed by atoms with Crippen LogP contribution in [0.25, 0.3) is 94.4 Å². The van der Waals surface area contributed by atoms with Crippen molar-refractivity contribution >= 4 is 55.8 Å². The van der Waals surface area contributed by atoms with Gasteiger partial charge in [0.2, 0.25) is 0 Å². The molecule has 308 valence electrons. The molecule has 1 aliphatic carbocycles. The van der Waals surface area contributed by atoms with E-state index < -0.39 is 0 Å². The molecule has 0 spiro atoms. The van der Waals surface area contributed by atoms with Crippen molar-refractivity contribution in [2.45, 2.75) is 13.3 Å². The lowest BCUT2D eigenvalue weighted by molar-refractivity contribution is 0.669. The Kier molecular flexibility index (Phi) is 9.57. The van der Waals surface area contributed by atoms with Crippen molar-refractivity contribution in [3.8, 4) is 55.6 Å². The number of para-hydroxylation sites is 1. The van der Waals surface area contributed by atoms with Crippen molar-refractivity contribution in [2.75, 3.05) is 4.90 Å². The van der Waals surface area contributed by atoms with Crippen LogP contribution in [0, 0.1) is 5.92 Å². The first-order valence-corrected chi connectivity index (χ1v) is 22.6. The second kappa shape index (κ2) is 16.2. The van der Waals surface area contributed by atoms with Crippen LogP contribution in [-0.4, -0.2) is 0 Å². The summed E-state index contributed by atoms with van der Waals surface area (Å²) in [7, 11) is 0. The molecule has 10 aromatic carbocycles. The van der Waals surface area contributed by atoms with E-state index in [9.17, 15) is 0 Å². The summed E-state index contributed by atoms with van der Waals surface area (Å²) < 4.78 is 6.23. The van der Waals surface area contributed by atoms with Gasteiger partial charge in [0.1, 0.15) is 11.2 Å². The summed E-state index contributed by atoms with van der Waals surface area (Å²) in [5, 5.41) is 4.70. The summed E-state index contributed by atoms with van der Waals surface area (Å²) >= 11 is 0. The highest BCUT2D eigenvalue weighted by molar-refractivity contribution is 6.06. The van der Waals surface area contributed by atoms with Gasteiger partial charge in [0.15, 0.2) is 0 Å². The first kappa shape index (κ1) is 38.5. The minimum absolute atomic E-state index is 0.527. The van der Waals surface area contributed by atoms with Crippen LogP contribution < -0.4 is 4.90 Å². The van der Waals surface area contributed by atoms with E-state index in [1.807, 2.05) is 12.1 Å². The number of furan rings is 1. The van der Waals surface area contributed by atoms with E-state index in [2.05, 4.69) is 236 Å². The maximum Gasteiger partial charge on any atom is 0.135 e. The lowest BCUT2D eigenvalue weighted by Crippen LogP contribution is -2.11. The van der Waals surface area contributed by atoms with E-state index in [0.717, 1.165) is 73.2 Å². The molecule has 0 bridgehead atoms. The van der Waals surface area contributed by atoms with Gasteiger partial charge in [-0.3, -0.25) is 0 Å². The Hall–Kier alpha value is -8.20. The van der Waals surface area contributed by atoms with Crippen molar-refractivity contribution in [1.82, 2.24) is 0 Å². The number of hydrogen-bond acceptors (Lipinski definition) is 2. The molecule has 65 heavy (non-hydrogen) atoms. The molecule has 0 aliphatic heterocycles. The zero-order chi connectivity index (χ0) is 43.3. The number of rotatable bonds is 8. The molecular weight excluding hydrogens is 787 g/mol. The fraction of sp³-hybridized carbons (Fsp3) is 0.0476. The quantitative estimate of drug-likeness (QED) is 0.152. The van der Waals surface area contributed by atoms with E-state index in [4.69, 9.17) is 4.42 Å². The zero-order valence-corrected chi connectivity index (χ0v) is 36.2. The summed E-state index contributed by atoms with van der Waals surface area (Å²) in [5.74, 6) is 0.527.